The quantitative estimate of drug-likeness (QED) is 0.776. The Labute approximate surface area is 185 Å². The fourth-order valence-electron chi connectivity index (χ4n) is 4.56. The number of nitrogens with one attached hydrogen (secondary N) is 1. The third kappa shape index (κ3) is 3.84. The van der Waals surface area contributed by atoms with E-state index in [1.807, 2.05) is 20.8 Å². The van der Waals surface area contributed by atoms with Gasteiger partial charge in [0.1, 0.15) is 11.2 Å². The van der Waals surface area contributed by atoms with Crippen molar-refractivity contribution >= 4 is 28.4 Å². The van der Waals surface area contributed by atoms with Crippen molar-refractivity contribution in [2.24, 2.45) is 5.41 Å². The molecule has 1 unspecified atom stereocenters. The molecule has 1 spiro atoms. The molecule has 8 heteroatoms. The number of fused-ring (bicyclic) bond motifs is 1. The van der Waals surface area contributed by atoms with Gasteiger partial charge < -0.3 is 4.90 Å². The molecule has 2 aromatic rings. The molecular weight excluding hydrogens is 418 g/mol. The number of piperidine rings is 1. The van der Waals surface area contributed by atoms with E-state index >= 15 is 0 Å². The second-order valence-electron chi connectivity index (χ2n) is 9.13. The lowest BCUT2D eigenvalue weighted by Crippen LogP contribution is -2.48. The van der Waals surface area contributed by atoms with Crippen molar-refractivity contribution in [1.82, 2.24) is 14.7 Å². The summed E-state index contributed by atoms with van der Waals surface area (Å²) in [5.41, 5.74) is 2.84. The van der Waals surface area contributed by atoms with Crippen LogP contribution in [0, 0.1) is 16.7 Å². The maximum absolute atomic E-state index is 13.0. The topological polar surface area (TPSA) is 81.9 Å². The van der Waals surface area contributed by atoms with Gasteiger partial charge in [0.2, 0.25) is 0 Å². The molecule has 158 valence electrons. The molecule has 1 aliphatic carbocycles. The van der Waals surface area contributed by atoms with Crippen LogP contribution in [-0.2, 0) is 17.4 Å². The maximum atomic E-state index is 13.0. The first-order chi connectivity index (χ1) is 14.2. The minimum atomic E-state index is -1.16. The number of halogens is 1. The predicted octanol–water partition coefficient (Wildman–Crippen LogP) is 3.94. The molecule has 4 rings (SSSR count). The molecule has 1 aliphatic heterocycles. The molecule has 0 saturated carbocycles. The Morgan fingerprint density at radius 1 is 1.30 bits per heavy atom. The molecule has 1 aromatic carbocycles. The van der Waals surface area contributed by atoms with Crippen LogP contribution in [0.25, 0.3) is 0 Å². The van der Waals surface area contributed by atoms with Crippen LogP contribution in [0.5, 0.6) is 0 Å². The molecule has 2 aliphatic rings. The second-order valence-corrected chi connectivity index (χ2v) is 11.5. The van der Waals surface area contributed by atoms with Crippen molar-refractivity contribution in [2.75, 3.05) is 18.0 Å². The Morgan fingerprint density at radius 2 is 2.00 bits per heavy atom. The highest BCUT2D eigenvalue weighted by atomic mass is 35.5. The molecule has 1 aromatic heterocycles. The Bertz CT molecular complexity index is 1020. The maximum Gasteiger partial charge on any atom is 0.184 e. The molecule has 0 radical (unpaired) electrons. The van der Waals surface area contributed by atoms with Gasteiger partial charge >= 0.3 is 0 Å². The third-order valence-corrected chi connectivity index (χ3v) is 7.93. The fourth-order valence-corrected chi connectivity index (χ4v) is 5.64. The summed E-state index contributed by atoms with van der Waals surface area (Å²) in [6, 6.07) is 10.6. The van der Waals surface area contributed by atoms with Crippen LogP contribution < -0.4 is 9.62 Å². The molecule has 1 saturated heterocycles. The van der Waals surface area contributed by atoms with Gasteiger partial charge in [-0.25, -0.2) is 18.9 Å². The summed E-state index contributed by atoms with van der Waals surface area (Å²) in [5, 5.41) is 9.66. The van der Waals surface area contributed by atoms with E-state index in [1.165, 1.54) is 17.3 Å². The number of hydrogen-bond acceptors (Lipinski definition) is 5. The summed E-state index contributed by atoms with van der Waals surface area (Å²) >= 11 is 5.91. The molecule has 1 fully saturated rings. The van der Waals surface area contributed by atoms with Gasteiger partial charge in [0, 0.05) is 13.1 Å². The first-order valence-corrected chi connectivity index (χ1v) is 11.7. The number of rotatable bonds is 3. The van der Waals surface area contributed by atoms with E-state index in [9.17, 15) is 9.47 Å². The number of nitrogens with zero attached hydrogens (tertiary/aromatic N) is 4. The zero-order valence-corrected chi connectivity index (χ0v) is 19.1. The van der Waals surface area contributed by atoms with Crippen molar-refractivity contribution in [1.29, 1.82) is 5.26 Å². The average Bonchev–Trinajstić information content (AvgIpc) is 3.01. The highest BCUT2D eigenvalue weighted by Gasteiger charge is 2.49. The lowest BCUT2D eigenvalue weighted by atomic mass is 9.73. The van der Waals surface area contributed by atoms with E-state index in [4.69, 9.17) is 11.6 Å². The summed E-state index contributed by atoms with van der Waals surface area (Å²) in [4.78, 5) is 10.6. The number of benzene rings is 1. The second kappa shape index (κ2) is 7.92. The third-order valence-electron chi connectivity index (χ3n) is 6.19. The van der Waals surface area contributed by atoms with Gasteiger partial charge in [0.25, 0.3) is 0 Å². The summed E-state index contributed by atoms with van der Waals surface area (Å²) in [6.07, 6.45) is 4.28. The molecule has 0 amide bonds. The van der Waals surface area contributed by atoms with E-state index in [-0.39, 0.29) is 27.1 Å². The van der Waals surface area contributed by atoms with Crippen molar-refractivity contribution < 1.29 is 4.21 Å². The Hall–Kier alpha value is -2.01. The van der Waals surface area contributed by atoms with Gasteiger partial charge in [-0.1, -0.05) is 35.9 Å². The van der Waals surface area contributed by atoms with E-state index in [2.05, 4.69) is 49.9 Å². The van der Waals surface area contributed by atoms with Crippen LogP contribution in [0.15, 0.2) is 30.5 Å². The standard InChI is InChI=1S/C22H26ClN5OS/c1-21(2,3)30(29)27-19-16-7-5-4-6-15(16)12-22(19)8-10-28(11-9-22)20-17(13-24)26-18(23)14-25-20/h4-7,14,19,27H,8-12H2,1-3H3/t19?,30-/m1/s1. The van der Waals surface area contributed by atoms with Crippen molar-refractivity contribution in [3.05, 3.63) is 52.4 Å². The summed E-state index contributed by atoms with van der Waals surface area (Å²) in [5.74, 6) is 0.593. The minimum absolute atomic E-state index is 0.00619. The van der Waals surface area contributed by atoms with Crippen molar-refractivity contribution in [3.8, 4) is 6.07 Å². The van der Waals surface area contributed by atoms with E-state index in [1.54, 1.807) is 0 Å². The lowest BCUT2D eigenvalue weighted by Gasteiger charge is -2.44. The van der Waals surface area contributed by atoms with Crippen LogP contribution in [0.1, 0.15) is 56.5 Å². The molecule has 30 heavy (non-hydrogen) atoms. The van der Waals surface area contributed by atoms with Crippen LogP contribution in [0.4, 0.5) is 5.82 Å². The molecule has 6 nitrogen and oxygen atoms in total. The highest BCUT2D eigenvalue weighted by molar-refractivity contribution is 7.84. The van der Waals surface area contributed by atoms with Crippen LogP contribution in [0.3, 0.4) is 0 Å². The summed E-state index contributed by atoms with van der Waals surface area (Å²) in [6.45, 7) is 7.51. The van der Waals surface area contributed by atoms with E-state index in [0.29, 0.717) is 5.82 Å². The highest BCUT2D eigenvalue weighted by Crippen LogP contribution is 2.52. The SMILES string of the molecule is CC(C)(C)[S@@](=O)NC1c2ccccc2CC12CCN(c1ncc(Cl)nc1C#N)CC2. The molecule has 2 atom stereocenters. The van der Waals surface area contributed by atoms with Gasteiger partial charge in [-0.05, 0) is 56.6 Å². The Kier molecular flexibility index (Phi) is 5.60. The number of nitriles is 1. The minimum Gasteiger partial charge on any atom is -0.354 e. The summed E-state index contributed by atoms with van der Waals surface area (Å²) < 4.78 is 16.1. The van der Waals surface area contributed by atoms with Gasteiger partial charge in [-0.3, -0.25) is 0 Å². The summed E-state index contributed by atoms with van der Waals surface area (Å²) in [7, 11) is -1.16. The van der Waals surface area contributed by atoms with Gasteiger partial charge in [0.05, 0.1) is 28.0 Å². The molecule has 2 heterocycles. The Balaban J connectivity index is 1.60. The smallest absolute Gasteiger partial charge is 0.184 e. The zero-order valence-electron chi connectivity index (χ0n) is 17.5. The normalized spacial score (nSPS) is 21.3. The van der Waals surface area contributed by atoms with Gasteiger partial charge in [-0.15, -0.1) is 0 Å². The lowest BCUT2D eigenvalue weighted by molar-refractivity contribution is 0.177. The zero-order chi connectivity index (χ0) is 21.5. The molecule has 0 bridgehead atoms. The number of hydrogen-bond donors (Lipinski definition) is 1. The van der Waals surface area contributed by atoms with Crippen molar-refractivity contribution in [3.63, 3.8) is 0 Å². The van der Waals surface area contributed by atoms with Crippen molar-refractivity contribution in [2.45, 2.75) is 50.8 Å². The first kappa shape index (κ1) is 21.2. The van der Waals surface area contributed by atoms with E-state index in [0.717, 1.165) is 32.4 Å². The Morgan fingerprint density at radius 3 is 2.67 bits per heavy atom. The number of anilines is 1. The monoisotopic (exact) mass is 443 g/mol. The first-order valence-electron chi connectivity index (χ1n) is 10.2. The molecule has 1 N–H and O–H groups in total. The van der Waals surface area contributed by atoms with Crippen LogP contribution in [-0.4, -0.2) is 32.0 Å². The fraction of sp³-hybridized carbons (Fsp3) is 0.500. The predicted molar refractivity (Wildman–Crippen MR) is 120 cm³/mol. The van der Waals surface area contributed by atoms with E-state index < -0.39 is 11.0 Å². The van der Waals surface area contributed by atoms with Crippen LogP contribution >= 0.6 is 11.6 Å². The average molecular weight is 444 g/mol. The van der Waals surface area contributed by atoms with Crippen LogP contribution in [0.2, 0.25) is 5.15 Å². The van der Waals surface area contributed by atoms with Gasteiger partial charge in [-0.2, -0.15) is 5.26 Å². The largest absolute Gasteiger partial charge is 0.354 e. The number of aromatic nitrogens is 2. The molecular formula is C22H26ClN5OS. The van der Waals surface area contributed by atoms with Gasteiger partial charge in [0.15, 0.2) is 11.5 Å².